The minimum Gasteiger partial charge on any atom is -0.387 e. The van der Waals surface area contributed by atoms with Gasteiger partial charge in [-0.25, -0.2) is 4.39 Å². The molecule has 0 bridgehead atoms. The Morgan fingerprint density at radius 2 is 2.12 bits per heavy atom. The molecule has 0 aliphatic heterocycles. The summed E-state index contributed by atoms with van der Waals surface area (Å²) < 4.78 is 13.2. The summed E-state index contributed by atoms with van der Waals surface area (Å²) in [6.07, 6.45) is -0.891. The van der Waals surface area contributed by atoms with Gasteiger partial charge in [0.1, 0.15) is 5.82 Å². The van der Waals surface area contributed by atoms with Crippen molar-refractivity contribution in [2.24, 2.45) is 0 Å². The molecule has 1 aromatic rings. The summed E-state index contributed by atoms with van der Waals surface area (Å²) in [5, 5.41) is 15.5. The number of anilines is 1. The summed E-state index contributed by atoms with van der Waals surface area (Å²) >= 11 is 0. The first-order chi connectivity index (χ1) is 7.95. The first kappa shape index (κ1) is 13.6. The molecule has 0 aliphatic carbocycles. The quantitative estimate of drug-likeness (QED) is 0.746. The van der Waals surface area contributed by atoms with Crippen LogP contribution in [-0.4, -0.2) is 24.1 Å². The Morgan fingerprint density at radius 1 is 1.47 bits per heavy atom. The molecule has 0 fully saturated rings. The fourth-order valence-electron chi connectivity index (χ4n) is 1.51. The second-order valence-corrected chi connectivity index (χ2v) is 3.93. The van der Waals surface area contributed by atoms with Crippen LogP contribution in [0, 0.1) is 5.82 Å². The fraction of sp³-hybridized carbons (Fsp3) is 0.417. The monoisotopic (exact) mass is 240 g/mol. The highest BCUT2D eigenvalue weighted by atomic mass is 19.1. The number of aliphatic hydroxyl groups is 1. The third-order valence-corrected chi connectivity index (χ3v) is 2.57. The van der Waals surface area contributed by atoms with Crippen LogP contribution in [0.2, 0.25) is 0 Å². The van der Waals surface area contributed by atoms with Crippen LogP contribution >= 0.6 is 0 Å². The molecule has 5 heteroatoms. The van der Waals surface area contributed by atoms with Crippen molar-refractivity contribution in [1.29, 1.82) is 0 Å². The lowest BCUT2D eigenvalue weighted by Crippen LogP contribution is -2.29. The molecule has 0 aromatic heterocycles. The van der Waals surface area contributed by atoms with Crippen LogP contribution in [0.15, 0.2) is 18.2 Å². The second-order valence-electron chi connectivity index (χ2n) is 3.93. The summed E-state index contributed by atoms with van der Waals surface area (Å²) in [6, 6.07) is 3.66. The van der Waals surface area contributed by atoms with E-state index in [0.29, 0.717) is 11.3 Å². The van der Waals surface area contributed by atoms with Gasteiger partial charge < -0.3 is 15.7 Å². The second kappa shape index (κ2) is 5.75. The van der Waals surface area contributed by atoms with Gasteiger partial charge in [0.2, 0.25) is 5.91 Å². The number of hydrogen-bond acceptors (Lipinski definition) is 3. The molecule has 2 unspecified atom stereocenters. The Hall–Kier alpha value is -1.46. The normalized spacial score (nSPS) is 14.2. The van der Waals surface area contributed by atoms with Crippen LogP contribution in [-0.2, 0) is 4.79 Å². The maximum absolute atomic E-state index is 13.2. The first-order valence-electron chi connectivity index (χ1n) is 5.38. The maximum Gasteiger partial charge on any atom is 0.221 e. The van der Waals surface area contributed by atoms with E-state index in [0.717, 1.165) is 0 Å². The number of hydrogen-bond donors (Lipinski definition) is 3. The van der Waals surface area contributed by atoms with E-state index in [1.165, 1.54) is 25.1 Å². The molecule has 1 aromatic carbocycles. The Kier molecular flexibility index (Phi) is 4.60. The van der Waals surface area contributed by atoms with Gasteiger partial charge in [0, 0.05) is 24.2 Å². The van der Waals surface area contributed by atoms with E-state index in [9.17, 15) is 14.3 Å². The maximum atomic E-state index is 13.2. The molecule has 1 rings (SSSR count). The summed E-state index contributed by atoms with van der Waals surface area (Å²) in [6.45, 7) is 3.13. The van der Waals surface area contributed by atoms with Crippen molar-refractivity contribution >= 4 is 11.6 Å². The van der Waals surface area contributed by atoms with Crippen LogP contribution < -0.4 is 10.6 Å². The molecular formula is C12H17FN2O2. The lowest BCUT2D eigenvalue weighted by molar-refractivity contribution is -0.114. The van der Waals surface area contributed by atoms with E-state index in [1.54, 1.807) is 14.0 Å². The fourth-order valence-corrected chi connectivity index (χ4v) is 1.51. The Labute approximate surface area is 99.8 Å². The third-order valence-electron chi connectivity index (χ3n) is 2.57. The molecule has 0 radical (unpaired) electrons. The molecule has 2 atom stereocenters. The average molecular weight is 240 g/mol. The lowest BCUT2D eigenvalue weighted by atomic mass is 10.0. The first-order valence-corrected chi connectivity index (χ1v) is 5.38. The van der Waals surface area contributed by atoms with Crippen molar-refractivity contribution in [2.75, 3.05) is 12.4 Å². The topological polar surface area (TPSA) is 61.4 Å². The van der Waals surface area contributed by atoms with E-state index in [4.69, 9.17) is 0 Å². The van der Waals surface area contributed by atoms with Crippen LogP contribution in [0.25, 0.3) is 0 Å². The highest BCUT2D eigenvalue weighted by molar-refractivity contribution is 5.89. The van der Waals surface area contributed by atoms with Gasteiger partial charge >= 0.3 is 0 Å². The van der Waals surface area contributed by atoms with Crippen molar-refractivity contribution in [3.63, 3.8) is 0 Å². The Morgan fingerprint density at radius 3 is 2.65 bits per heavy atom. The molecule has 0 saturated heterocycles. The van der Waals surface area contributed by atoms with Gasteiger partial charge in [0.05, 0.1) is 6.10 Å². The van der Waals surface area contributed by atoms with E-state index in [-0.39, 0.29) is 11.9 Å². The van der Waals surface area contributed by atoms with E-state index < -0.39 is 11.9 Å². The van der Waals surface area contributed by atoms with Crippen LogP contribution in [0.4, 0.5) is 10.1 Å². The summed E-state index contributed by atoms with van der Waals surface area (Å²) in [5.74, 6) is -0.710. The zero-order valence-electron chi connectivity index (χ0n) is 10.1. The van der Waals surface area contributed by atoms with Crippen LogP contribution in [0.3, 0.4) is 0 Å². The van der Waals surface area contributed by atoms with E-state index in [1.807, 2.05) is 0 Å². The Balaban J connectivity index is 3.10. The molecule has 17 heavy (non-hydrogen) atoms. The molecule has 0 heterocycles. The minimum absolute atomic E-state index is 0.246. The zero-order chi connectivity index (χ0) is 13.0. The largest absolute Gasteiger partial charge is 0.387 e. The van der Waals surface area contributed by atoms with E-state index >= 15 is 0 Å². The number of nitrogens with one attached hydrogen (secondary N) is 2. The predicted octanol–water partition coefficient (Wildman–Crippen LogP) is 1.43. The predicted molar refractivity (Wildman–Crippen MR) is 64.2 cm³/mol. The van der Waals surface area contributed by atoms with Crippen LogP contribution in [0.5, 0.6) is 0 Å². The molecule has 1 amide bonds. The highest BCUT2D eigenvalue weighted by Gasteiger charge is 2.19. The third kappa shape index (κ3) is 3.51. The van der Waals surface area contributed by atoms with Gasteiger partial charge in [-0.3, -0.25) is 4.79 Å². The molecule has 0 saturated carbocycles. The number of likely N-dealkylation sites (N-methyl/N-ethyl adjacent to an activating group) is 1. The van der Waals surface area contributed by atoms with Gasteiger partial charge in [-0.05, 0) is 32.2 Å². The number of amides is 1. The molecule has 0 aliphatic rings. The number of carbonyl (C=O) groups is 1. The number of benzene rings is 1. The number of carbonyl (C=O) groups excluding carboxylic acids is 1. The van der Waals surface area contributed by atoms with Crippen molar-refractivity contribution in [1.82, 2.24) is 5.32 Å². The van der Waals surface area contributed by atoms with Crippen molar-refractivity contribution in [3.05, 3.63) is 29.6 Å². The van der Waals surface area contributed by atoms with Gasteiger partial charge in [-0.1, -0.05) is 0 Å². The Bertz CT molecular complexity index is 409. The minimum atomic E-state index is -0.891. The SMILES string of the molecule is CNC(C)C(O)c1cc(F)ccc1NC(C)=O. The van der Waals surface area contributed by atoms with E-state index in [2.05, 4.69) is 10.6 Å². The highest BCUT2D eigenvalue weighted by Crippen LogP contribution is 2.26. The molecule has 94 valence electrons. The standard InChI is InChI=1S/C12H17FN2O2/c1-7(14-3)12(17)10-6-9(13)4-5-11(10)15-8(2)16/h4-7,12,14,17H,1-3H3,(H,15,16). The summed E-state index contributed by atoms with van der Waals surface area (Å²) in [7, 11) is 1.70. The van der Waals surface area contributed by atoms with Crippen molar-refractivity contribution < 1.29 is 14.3 Å². The summed E-state index contributed by atoms with van der Waals surface area (Å²) in [5.41, 5.74) is 0.788. The van der Waals surface area contributed by atoms with Crippen molar-refractivity contribution in [3.8, 4) is 0 Å². The van der Waals surface area contributed by atoms with Crippen molar-refractivity contribution in [2.45, 2.75) is 26.0 Å². The van der Waals surface area contributed by atoms with Gasteiger partial charge in [-0.2, -0.15) is 0 Å². The molecular weight excluding hydrogens is 223 g/mol. The van der Waals surface area contributed by atoms with Gasteiger partial charge in [-0.15, -0.1) is 0 Å². The number of aliphatic hydroxyl groups excluding tert-OH is 1. The smallest absolute Gasteiger partial charge is 0.221 e. The lowest BCUT2D eigenvalue weighted by Gasteiger charge is -2.21. The molecule has 0 spiro atoms. The number of rotatable bonds is 4. The molecule has 3 N–H and O–H groups in total. The van der Waals surface area contributed by atoms with Crippen LogP contribution in [0.1, 0.15) is 25.5 Å². The molecule has 4 nitrogen and oxygen atoms in total. The van der Waals surface area contributed by atoms with Gasteiger partial charge in [0.25, 0.3) is 0 Å². The average Bonchev–Trinajstić information content (AvgIpc) is 2.29. The zero-order valence-corrected chi connectivity index (χ0v) is 10.1. The number of halogens is 1. The summed E-state index contributed by atoms with van der Waals surface area (Å²) in [4.78, 5) is 11.0. The van der Waals surface area contributed by atoms with Gasteiger partial charge in [0.15, 0.2) is 0 Å².